The number of nitriles is 1. The molecule has 0 amide bonds. The molecule has 138 valence electrons. The van der Waals surface area contributed by atoms with E-state index in [2.05, 4.69) is 20.3 Å². The maximum Gasteiger partial charge on any atom is 0.164 e. The highest BCUT2D eigenvalue weighted by atomic mass is 15.2. The van der Waals surface area contributed by atoms with Crippen molar-refractivity contribution in [1.29, 1.82) is 5.26 Å². The molecular weight excluding hydrogens is 352 g/mol. The van der Waals surface area contributed by atoms with E-state index in [0.717, 1.165) is 28.4 Å². The number of aromatic nitrogens is 5. The maximum absolute atomic E-state index is 9.38. The van der Waals surface area contributed by atoms with Gasteiger partial charge in [-0.1, -0.05) is 18.2 Å². The monoisotopic (exact) mass is 370 g/mol. The lowest BCUT2D eigenvalue weighted by Crippen LogP contribution is -2.15. The van der Waals surface area contributed by atoms with Crippen LogP contribution in [-0.4, -0.2) is 24.5 Å². The SMILES string of the molecule is Cc1ccc2nc([C@H](C)Nc3ncnc(N)c3C#N)n(-c3ccccc3)c2n1. The Morgan fingerprint density at radius 3 is 2.64 bits per heavy atom. The number of aryl methyl sites for hydroxylation is 1. The van der Waals surface area contributed by atoms with E-state index in [9.17, 15) is 5.26 Å². The van der Waals surface area contributed by atoms with Crippen LogP contribution < -0.4 is 11.1 Å². The van der Waals surface area contributed by atoms with Crippen LogP contribution in [0.3, 0.4) is 0 Å². The second-order valence-electron chi connectivity index (χ2n) is 6.40. The van der Waals surface area contributed by atoms with Gasteiger partial charge in [-0.05, 0) is 38.1 Å². The molecule has 0 saturated carbocycles. The van der Waals surface area contributed by atoms with Gasteiger partial charge in [-0.3, -0.25) is 4.57 Å². The largest absolute Gasteiger partial charge is 0.382 e. The predicted molar refractivity (Wildman–Crippen MR) is 107 cm³/mol. The summed E-state index contributed by atoms with van der Waals surface area (Å²) in [6.07, 6.45) is 1.33. The Balaban J connectivity index is 1.85. The fourth-order valence-corrected chi connectivity index (χ4v) is 3.08. The lowest BCUT2D eigenvalue weighted by atomic mass is 10.2. The van der Waals surface area contributed by atoms with Crippen LogP contribution in [0.25, 0.3) is 16.9 Å². The highest BCUT2D eigenvalue weighted by Crippen LogP contribution is 2.27. The number of pyridine rings is 1. The molecule has 4 rings (SSSR count). The van der Waals surface area contributed by atoms with Crippen LogP contribution in [0.4, 0.5) is 11.6 Å². The Morgan fingerprint density at radius 2 is 1.89 bits per heavy atom. The van der Waals surface area contributed by atoms with Crippen LogP contribution in [0.2, 0.25) is 0 Å². The highest BCUT2D eigenvalue weighted by Gasteiger charge is 2.21. The Labute approximate surface area is 161 Å². The van der Waals surface area contributed by atoms with E-state index >= 15 is 0 Å². The Hall–Kier alpha value is -3.99. The van der Waals surface area contributed by atoms with Gasteiger partial charge in [0.15, 0.2) is 5.65 Å². The van der Waals surface area contributed by atoms with Crippen molar-refractivity contribution in [2.45, 2.75) is 19.9 Å². The zero-order valence-corrected chi connectivity index (χ0v) is 15.5. The van der Waals surface area contributed by atoms with E-state index in [1.54, 1.807) is 0 Å². The minimum absolute atomic E-state index is 0.140. The highest BCUT2D eigenvalue weighted by molar-refractivity contribution is 5.75. The number of rotatable bonds is 4. The van der Waals surface area contributed by atoms with E-state index in [1.807, 2.05) is 66.9 Å². The van der Waals surface area contributed by atoms with Gasteiger partial charge in [0.1, 0.15) is 40.9 Å². The van der Waals surface area contributed by atoms with Crippen molar-refractivity contribution in [2.75, 3.05) is 11.1 Å². The van der Waals surface area contributed by atoms with Crippen LogP contribution in [-0.2, 0) is 0 Å². The maximum atomic E-state index is 9.38. The number of fused-ring (bicyclic) bond motifs is 1. The first-order chi connectivity index (χ1) is 13.6. The Kier molecular flexibility index (Phi) is 4.33. The summed E-state index contributed by atoms with van der Waals surface area (Å²) in [4.78, 5) is 17.5. The van der Waals surface area contributed by atoms with Crippen molar-refractivity contribution in [1.82, 2.24) is 24.5 Å². The molecule has 0 spiro atoms. The van der Waals surface area contributed by atoms with Gasteiger partial charge in [0.25, 0.3) is 0 Å². The number of imidazole rings is 1. The molecule has 0 aliphatic rings. The number of nitrogen functional groups attached to an aromatic ring is 1. The smallest absolute Gasteiger partial charge is 0.164 e. The van der Waals surface area contributed by atoms with Crippen molar-refractivity contribution < 1.29 is 0 Å². The fourth-order valence-electron chi connectivity index (χ4n) is 3.08. The molecule has 0 fully saturated rings. The molecule has 1 aromatic carbocycles. The molecule has 3 aromatic heterocycles. The van der Waals surface area contributed by atoms with Gasteiger partial charge in [-0.25, -0.2) is 19.9 Å². The Morgan fingerprint density at radius 1 is 1.11 bits per heavy atom. The normalized spacial score (nSPS) is 11.9. The third-order valence-corrected chi connectivity index (χ3v) is 4.41. The van der Waals surface area contributed by atoms with Gasteiger partial charge >= 0.3 is 0 Å². The third kappa shape index (κ3) is 2.99. The molecule has 0 saturated heterocycles. The summed E-state index contributed by atoms with van der Waals surface area (Å²) in [5, 5.41) is 12.6. The van der Waals surface area contributed by atoms with E-state index in [4.69, 9.17) is 10.7 Å². The van der Waals surface area contributed by atoms with Crippen LogP contribution in [0.15, 0.2) is 48.8 Å². The second kappa shape index (κ2) is 6.96. The van der Waals surface area contributed by atoms with E-state index in [0.29, 0.717) is 5.82 Å². The summed E-state index contributed by atoms with van der Waals surface area (Å²) in [5.41, 5.74) is 9.44. The fraction of sp³-hybridized carbons (Fsp3) is 0.150. The van der Waals surface area contributed by atoms with Gasteiger partial charge in [-0.2, -0.15) is 5.26 Å². The average molecular weight is 370 g/mol. The molecule has 28 heavy (non-hydrogen) atoms. The molecule has 0 bridgehead atoms. The minimum Gasteiger partial charge on any atom is -0.382 e. The zero-order valence-electron chi connectivity index (χ0n) is 15.5. The lowest BCUT2D eigenvalue weighted by Gasteiger charge is -2.17. The molecule has 1 atom stereocenters. The molecular formula is C20H18N8. The van der Waals surface area contributed by atoms with Crippen molar-refractivity contribution in [3.63, 3.8) is 0 Å². The first kappa shape index (κ1) is 17.4. The van der Waals surface area contributed by atoms with Gasteiger partial charge in [0.05, 0.1) is 6.04 Å². The molecule has 4 aromatic rings. The van der Waals surface area contributed by atoms with Crippen LogP contribution in [0.5, 0.6) is 0 Å². The third-order valence-electron chi connectivity index (χ3n) is 4.41. The molecule has 8 heteroatoms. The van der Waals surface area contributed by atoms with Crippen LogP contribution >= 0.6 is 0 Å². The quantitative estimate of drug-likeness (QED) is 0.566. The molecule has 0 radical (unpaired) electrons. The number of hydrogen-bond donors (Lipinski definition) is 2. The zero-order chi connectivity index (χ0) is 19.7. The first-order valence-corrected chi connectivity index (χ1v) is 8.77. The van der Waals surface area contributed by atoms with Crippen molar-refractivity contribution in [2.24, 2.45) is 0 Å². The molecule has 0 unspecified atom stereocenters. The summed E-state index contributed by atoms with van der Waals surface area (Å²) in [6.45, 7) is 3.90. The number of para-hydroxylation sites is 1. The number of nitrogens with zero attached hydrogens (tertiary/aromatic N) is 6. The predicted octanol–water partition coefficient (Wildman–Crippen LogP) is 3.15. The summed E-state index contributed by atoms with van der Waals surface area (Å²) in [7, 11) is 0. The summed E-state index contributed by atoms with van der Waals surface area (Å²) < 4.78 is 2.01. The lowest BCUT2D eigenvalue weighted by molar-refractivity contribution is 0.765. The number of benzene rings is 1. The number of anilines is 2. The number of hydrogen-bond acceptors (Lipinski definition) is 7. The van der Waals surface area contributed by atoms with Crippen LogP contribution in [0, 0.1) is 18.3 Å². The number of nitrogens with two attached hydrogens (primary N) is 1. The minimum atomic E-state index is -0.267. The van der Waals surface area contributed by atoms with Gasteiger partial charge in [0, 0.05) is 11.4 Å². The first-order valence-electron chi connectivity index (χ1n) is 8.77. The van der Waals surface area contributed by atoms with Gasteiger partial charge in [0.2, 0.25) is 0 Å². The van der Waals surface area contributed by atoms with Gasteiger partial charge in [-0.15, -0.1) is 0 Å². The van der Waals surface area contributed by atoms with Crippen LogP contribution in [0.1, 0.15) is 30.0 Å². The van der Waals surface area contributed by atoms with E-state index in [1.165, 1.54) is 6.33 Å². The second-order valence-corrected chi connectivity index (χ2v) is 6.40. The summed E-state index contributed by atoms with van der Waals surface area (Å²) >= 11 is 0. The molecule has 0 aliphatic carbocycles. The van der Waals surface area contributed by atoms with Crippen molar-refractivity contribution in [3.8, 4) is 11.8 Å². The average Bonchev–Trinajstić information content (AvgIpc) is 3.07. The number of nitrogens with one attached hydrogen (secondary N) is 1. The molecule has 3 heterocycles. The van der Waals surface area contributed by atoms with E-state index < -0.39 is 0 Å². The standard InChI is InChI=1S/C20H18N8/c1-12-8-9-16-20(25-12)28(14-6-4-3-5-7-14)19(27-16)13(2)26-18-15(10-21)17(22)23-11-24-18/h3-9,11,13H,1-2H3,(H3,22,23,24,26)/t13-/m0/s1. The van der Waals surface area contributed by atoms with Crippen molar-refractivity contribution in [3.05, 3.63) is 65.9 Å². The molecule has 0 aliphatic heterocycles. The summed E-state index contributed by atoms with van der Waals surface area (Å²) in [6, 6.07) is 15.6. The van der Waals surface area contributed by atoms with Gasteiger partial charge < -0.3 is 11.1 Å². The molecule has 8 nitrogen and oxygen atoms in total. The molecule has 3 N–H and O–H groups in total. The van der Waals surface area contributed by atoms with E-state index in [-0.39, 0.29) is 17.4 Å². The topological polar surface area (TPSA) is 118 Å². The van der Waals surface area contributed by atoms with Crippen molar-refractivity contribution >= 4 is 22.8 Å². The Bertz CT molecular complexity index is 1190. The summed E-state index contributed by atoms with van der Waals surface area (Å²) in [5.74, 6) is 1.26.